The molecule has 4 atom stereocenters. The fourth-order valence-electron chi connectivity index (χ4n) is 3.03. The molecule has 1 aliphatic heterocycles. The molecule has 0 spiro atoms. The molecule has 0 aliphatic carbocycles. The summed E-state index contributed by atoms with van der Waals surface area (Å²) in [7, 11) is -2.00. The summed E-state index contributed by atoms with van der Waals surface area (Å²) >= 11 is 0. The number of hydrogen-bond donors (Lipinski definition) is 2. The molecule has 1 fully saturated rings. The fourth-order valence-corrected chi connectivity index (χ4v) is 5.47. The van der Waals surface area contributed by atoms with Gasteiger partial charge in [0.15, 0.2) is 11.5 Å². The van der Waals surface area contributed by atoms with Crippen molar-refractivity contribution in [2.45, 2.75) is 45.6 Å². The summed E-state index contributed by atoms with van der Waals surface area (Å²) in [4.78, 5) is 8.49. The largest absolute Gasteiger partial charge is 0.504 e. The van der Waals surface area contributed by atoms with E-state index in [0.29, 0.717) is 22.7 Å². The van der Waals surface area contributed by atoms with E-state index < -0.39 is 13.3 Å². The number of aromatic nitrogens is 2. The summed E-state index contributed by atoms with van der Waals surface area (Å²) in [6.07, 6.45) is 2.70. The third-order valence-electron chi connectivity index (χ3n) is 4.82. The SMILES string of the molecule is COc1cc(C(CNc2cnc(C)cn2)P2(=O)O[C@@H](C)[C@@H](C)O2)cc(C)c1O. The average Bonchev–Trinajstić information content (AvgIpc) is 2.92. The van der Waals surface area contributed by atoms with Gasteiger partial charge in [0.2, 0.25) is 0 Å². The number of nitrogens with one attached hydrogen (secondary N) is 1. The first kappa shape index (κ1) is 20.6. The summed E-state index contributed by atoms with van der Waals surface area (Å²) in [6.45, 7) is 7.54. The molecule has 28 heavy (non-hydrogen) atoms. The molecule has 152 valence electrons. The van der Waals surface area contributed by atoms with Gasteiger partial charge in [-0.2, -0.15) is 0 Å². The summed E-state index contributed by atoms with van der Waals surface area (Å²) in [6, 6.07) is 3.43. The molecule has 9 heteroatoms. The average molecular weight is 407 g/mol. The van der Waals surface area contributed by atoms with Crippen LogP contribution in [-0.4, -0.2) is 40.9 Å². The van der Waals surface area contributed by atoms with E-state index in [1.54, 1.807) is 31.5 Å². The van der Waals surface area contributed by atoms with E-state index in [9.17, 15) is 9.67 Å². The van der Waals surface area contributed by atoms with Gasteiger partial charge in [0.05, 0.1) is 37.4 Å². The molecule has 1 saturated heterocycles. The van der Waals surface area contributed by atoms with Crippen molar-refractivity contribution in [1.29, 1.82) is 0 Å². The third-order valence-corrected chi connectivity index (χ3v) is 7.32. The van der Waals surface area contributed by atoms with Gasteiger partial charge in [-0.05, 0) is 44.9 Å². The van der Waals surface area contributed by atoms with E-state index in [-0.39, 0.29) is 24.5 Å². The lowest BCUT2D eigenvalue weighted by molar-refractivity contribution is 0.187. The highest BCUT2D eigenvalue weighted by molar-refractivity contribution is 7.54. The zero-order valence-corrected chi connectivity index (χ0v) is 17.6. The summed E-state index contributed by atoms with van der Waals surface area (Å²) < 4.78 is 30.4. The Kier molecular flexibility index (Phi) is 5.93. The Morgan fingerprint density at radius 1 is 1.21 bits per heavy atom. The highest BCUT2D eigenvalue weighted by Crippen LogP contribution is 2.66. The second-order valence-corrected chi connectivity index (χ2v) is 9.11. The van der Waals surface area contributed by atoms with Gasteiger partial charge in [0, 0.05) is 6.54 Å². The number of anilines is 1. The Hall–Kier alpha value is -2.15. The van der Waals surface area contributed by atoms with E-state index in [0.717, 1.165) is 5.69 Å². The summed E-state index contributed by atoms with van der Waals surface area (Å²) in [5.41, 5.74) is 1.49. The molecule has 8 nitrogen and oxygen atoms in total. The zero-order chi connectivity index (χ0) is 20.5. The van der Waals surface area contributed by atoms with Gasteiger partial charge in [-0.1, -0.05) is 6.07 Å². The molecule has 2 unspecified atom stereocenters. The predicted molar refractivity (Wildman–Crippen MR) is 106 cm³/mol. The van der Waals surface area contributed by atoms with Gasteiger partial charge in [0.1, 0.15) is 11.5 Å². The van der Waals surface area contributed by atoms with E-state index in [4.69, 9.17) is 13.8 Å². The van der Waals surface area contributed by atoms with Gasteiger partial charge < -0.3 is 24.2 Å². The molecule has 2 heterocycles. The first-order valence-corrected chi connectivity index (χ1v) is 10.7. The Morgan fingerprint density at radius 2 is 1.89 bits per heavy atom. The maximum Gasteiger partial charge on any atom is 0.340 e. The number of phenolic OH excluding ortho intramolecular Hbond substituents is 1. The molecule has 1 aromatic carbocycles. The van der Waals surface area contributed by atoms with E-state index in [2.05, 4.69) is 15.3 Å². The minimum atomic E-state index is -3.47. The van der Waals surface area contributed by atoms with Gasteiger partial charge in [-0.15, -0.1) is 0 Å². The Labute approximate surface area is 164 Å². The van der Waals surface area contributed by atoms with Crippen molar-refractivity contribution in [2.75, 3.05) is 19.0 Å². The van der Waals surface area contributed by atoms with Crippen LogP contribution >= 0.6 is 7.60 Å². The van der Waals surface area contributed by atoms with Crippen LogP contribution in [-0.2, 0) is 13.6 Å². The Morgan fingerprint density at radius 3 is 2.46 bits per heavy atom. The van der Waals surface area contributed by atoms with Crippen LogP contribution in [0, 0.1) is 13.8 Å². The number of benzene rings is 1. The molecule has 0 radical (unpaired) electrons. The second-order valence-electron chi connectivity index (χ2n) is 6.99. The first-order valence-electron chi connectivity index (χ1n) is 9.10. The van der Waals surface area contributed by atoms with Crippen molar-refractivity contribution in [3.8, 4) is 11.5 Å². The highest BCUT2D eigenvalue weighted by Gasteiger charge is 2.47. The number of methoxy groups -OCH3 is 1. The first-order chi connectivity index (χ1) is 13.2. The van der Waals surface area contributed by atoms with E-state index in [1.165, 1.54) is 7.11 Å². The monoisotopic (exact) mass is 407 g/mol. The number of nitrogens with zero attached hydrogens (tertiary/aromatic N) is 2. The lowest BCUT2D eigenvalue weighted by atomic mass is 10.1. The molecule has 2 aromatic rings. The summed E-state index contributed by atoms with van der Waals surface area (Å²) in [5, 5.41) is 13.3. The molecular formula is C19H26N3O5P. The van der Waals surface area contributed by atoms with Crippen LogP contribution < -0.4 is 10.1 Å². The molecule has 3 rings (SSSR count). The number of hydrogen-bond acceptors (Lipinski definition) is 8. The van der Waals surface area contributed by atoms with Gasteiger partial charge >= 0.3 is 7.60 Å². The van der Waals surface area contributed by atoms with E-state index >= 15 is 0 Å². The van der Waals surface area contributed by atoms with Crippen molar-refractivity contribution in [3.05, 3.63) is 41.3 Å². The van der Waals surface area contributed by atoms with Crippen LogP contribution in [0.1, 0.15) is 36.3 Å². The molecule has 0 amide bonds. The fraction of sp³-hybridized carbons (Fsp3) is 0.474. The smallest absolute Gasteiger partial charge is 0.340 e. The van der Waals surface area contributed by atoms with Crippen molar-refractivity contribution in [1.82, 2.24) is 9.97 Å². The van der Waals surface area contributed by atoms with Crippen molar-refractivity contribution < 1.29 is 23.5 Å². The number of ether oxygens (including phenoxy) is 1. The van der Waals surface area contributed by atoms with Crippen molar-refractivity contribution >= 4 is 13.4 Å². The Bertz CT molecular complexity index is 876. The number of rotatable bonds is 6. The standard InChI is InChI=1S/C19H26N3O5P/c1-11-6-15(7-16(25-5)19(11)23)17(28(24)26-13(3)14(4)27-28)9-22-18-10-20-12(2)8-21-18/h6-8,10,13-14,17,23H,9H2,1-5H3,(H,21,22)/t13-,14+,17?,28?. The summed E-state index contributed by atoms with van der Waals surface area (Å²) in [5.74, 6) is 0.919. The quantitative estimate of drug-likeness (QED) is 0.693. The van der Waals surface area contributed by atoms with Crippen LogP contribution in [0.15, 0.2) is 24.5 Å². The predicted octanol–water partition coefficient (Wildman–Crippen LogP) is 3.98. The molecule has 0 bridgehead atoms. The van der Waals surface area contributed by atoms with E-state index in [1.807, 2.05) is 20.8 Å². The molecule has 1 aromatic heterocycles. The number of aromatic hydroxyl groups is 1. The molecule has 2 N–H and O–H groups in total. The van der Waals surface area contributed by atoms with Gasteiger partial charge in [0.25, 0.3) is 0 Å². The second kappa shape index (κ2) is 8.07. The lowest BCUT2D eigenvalue weighted by Gasteiger charge is -2.24. The molecule has 0 saturated carbocycles. The molecule has 1 aliphatic rings. The van der Waals surface area contributed by atoms with Crippen LogP contribution in [0.25, 0.3) is 0 Å². The van der Waals surface area contributed by atoms with Crippen LogP contribution in [0.2, 0.25) is 0 Å². The van der Waals surface area contributed by atoms with Crippen LogP contribution in [0.4, 0.5) is 5.82 Å². The third kappa shape index (κ3) is 4.14. The minimum absolute atomic E-state index is 0.0515. The van der Waals surface area contributed by atoms with Crippen molar-refractivity contribution in [3.63, 3.8) is 0 Å². The minimum Gasteiger partial charge on any atom is -0.504 e. The number of phenols is 1. The highest BCUT2D eigenvalue weighted by atomic mass is 31.2. The zero-order valence-electron chi connectivity index (χ0n) is 16.7. The van der Waals surface area contributed by atoms with Crippen LogP contribution in [0.5, 0.6) is 11.5 Å². The maximum absolute atomic E-state index is 13.6. The van der Waals surface area contributed by atoms with Crippen molar-refractivity contribution in [2.24, 2.45) is 0 Å². The van der Waals surface area contributed by atoms with Gasteiger partial charge in [-0.25, -0.2) is 4.98 Å². The topological polar surface area (TPSA) is 103 Å². The normalized spacial score (nSPS) is 25.5. The number of aryl methyl sites for hydroxylation is 2. The Balaban J connectivity index is 1.96. The molecular weight excluding hydrogens is 381 g/mol. The maximum atomic E-state index is 13.6. The lowest BCUT2D eigenvalue weighted by Crippen LogP contribution is -2.15. The van der Waals surface area contributed by atoms with Gasteiger partial charge in [-0.3, -0.25) is 9.55 Å². The van der Waals surface area contributed by atoms with Crippen LogP contribution in [0.3, 0.4) is 0 Å².